The summed E-state index contributed by atoms with van der Waals surface area (Å²) in [6.45, 7) is 6.88. The quantitative estimate of drug-likeness (QED) is 0.332. The van der Waals surface area contributed by atoms with Crippen molar-refractivity contribution in [2.45, 2.75) is 84.7 Å². The first-order valence-electron chi connectivity index (χ1n) is 12.7. The first kappa shape index (κ1) is 27.5. The van der Waals surface area contributed by atoms with Crippen LogP contribution in [0.2, 0.25) is 0 Å². The van der Waals surface area contributed by atoms with Crippen LogP contribution in [0, 0.1) is 5.41 Å². The Morgan fingerprint density at radius 1 is 0.576 bits per heavy atom. The van der Waals surface area contributed by atoms with Gasteiger partial charge in [-0.05, 0) is 59.1 Å². The van der Waals surface area contributed by atoms with Crippen LogP contribution < -0.4 is 0 Å². The predicted octanol–water partition coefficient (Wildman–Crippen LogP) is 4.70. The molecule has 4 nitrogen and oxygen atoms in total. The van der Waals surface area contributed by atoms with Gasteiger partial charge in [-0.3, -0.25) is 0 Å². The van der Waals surface area contributed by atoms with E-state index in [-0.39, 0.29) is 0 Å². The van der Waals surface area contributed by atoms with Gasteiger partial charge >= 0.3 is 0 Å². The van der Waals surface area contributed by atoms with Crippen molar-refractivity contribution in [3.63, 3.8) is 0 Å². The van der Waals surface area contributed by atoms with Crippen LogP contribution in [0.5, 0.6) is 0 Å². The van der Waals surface area contributed by atoms with E-state index in [9.17, 15) is 20.4 Å². The molecule has 0 atom stereocenters. The second-order valence-corrected chi connectivity index (χ2v) is 9.45. The summed E-state index contributed by atoms with van der Waals surface area (Å²) in [6.07, 6.45) is 7.31. The average molecular weight is 457 g/mol. The molecular weight excluding hydrogens is 412 g/mol. The van der Waals surface area contributed by atoms with Gasteiger partial charge in [0.15, 0.2) is 0 Å². The second kappa shape index (κ2) is 12.7. The smallest absolute Gasteiger partial charge is 0.127 e. The molecule has 0 amide bonds. The number of aliphatic hydroxyl groups is 4. The zero-order valence-corrected chi connectivity index (χ0v) is 21.0. The normalized spacial score (nSPS) is 12.4. The van der Waals surface area contributed by atoms with Crippen LogP contribution in [-0.2, 0) is 31.3 Å². The Kier molecular flexibility index (Phi) is 10.6. The van der Waals surface area contributed by atoms with E-state index in [0.717, 1.165) is 62.5 Å². The van der Waals surface area contributed by atoms with Crippen molar-refractivity contribution in [1.29, 1.82) is 0 Å². The molecule has 2 aromatic rings. The minimum atomic E-state index is -1.74. The number of hydrogen-bond acceptors (Lipinski definition) is 4. The lowest BCUT2D eigenvalue weighted by molar-refractivity contribution is -0.136. The lowest BCUT2D eigenvalue weighted by Crippen LogP contribution is -2.55. The highest BCUT2D eigenvalue weighted by Crippen LogP contribution is 2.48. The molecule has 0 unspecified atom stereocenters. The summed E-state index contributed by atoms with van der Waals surface area (Å²) in [5.74, 6) is 0. The number of benzene rings is 2. The largest absolute Gasteiger partial charge is 0.395 e. The Morgan fingerprint density at radius 2 is 0.939 bits per heavy atom. The molecular formula is C29H44O4. The third kappa shape index (κ3) is 5.51. The molecule has 0 saturated heterocycles. The second-order valence-electron chi connectivity index (χ2n) is 9.45. The highest BCUT2D eigenvalue weighted by Gasteiger charge is 2.53. The molecule has 0 heterocycles. The van der Waals surface area contributed by atoms with Crippen LogP contribution in [0.4, 0.5) is 0 Å². The molecule has 0 aliphatic heterocycles. The number of hydrogen-bond donors (Lipinski definition) is 4. The van der Waals surface area contributed by atoms with E-state index in [1.807, 2.05) is 24.3 Å². The van der Waals surface area contributed by atoms with Gasteiger partial charge in [-0.2, -0.15) is 0 Å². The van der Waals surface area contributed by atoms with Gasteiger partial charge in [-0.1, -0.05) is 89.8 Å². The van der Waals surface area contributed by atoms with Crippen LogP contribution in [0.15, 0.2) is 36.4 Å². The summed E-state index contributed by atoms with van der Waals surface area (Å²) in [5, 5.41) is 44.1. The highest BCUT2D eigenvalue weighted by molar-refractivity contribution is 5.49. The Bertz CT molecular complexity index is 802. The third-order valence-corrected chi connectivity index (χ3v) is 6.91. The van der Waals surface area contributed by atoms with Crippen molar-refractivity contribution < 1.29 is 20.4 Å². The minimum absolute atomic E-state index is 0.541. The van der Waals surface area contributed by atoms with Crippen molar-refractivity contribution in [3.8, 4) is 0 Å². The fraction of sp³-hybridized carbons (Fsp3) is 0.586. The van der Waals surface area contributed by atoms with Crippen molar-refractivity contribution in [1.82, 2.24) is 0 Å². The molecule has 0 aliphatic rings. The molecule has 0 aliphatic carbocycles. The van der Waals surface area contributed by atoms with E-state index in [1.165, 1.54) is 11.1 Å². The third-order valence-electron chi connectivity index (χ3n) is 6.91. The standard InChI is InChI=1S/C29H44O4/c1-5-9-22-13-15-26(24(17-22)11-7-3)29(33,28(19-30,20-31)21-32)27-16-14-23(10-6-2)18-25(27)12-8-4/h13-18,30-33H,5-12,19-21H2,1-4H3. The van der Waals surface area contributed by atoms with Crippen molar-refractivity contribution in [2.75, 3.05) is 19.8 Å². The molecule has 0 fully saturated rings. The summed E-state index contributed by atoms with van der Waals surface area (Å²) in [4.78, 5) is 0. The van der Waals surface area contributed by atoms with Gasteiger partial charge in [0.25, 0.3) is 0 Å². The Hall–Kier alpha value is -1.72. The molecule has 4 heteroatoms. The zero-order valence-electron chi connectivity index (χ0n) is 21.0. The van der Waals surface area contributed by atoms with E-state index in [0.29, 0.717) is 11.1 Å². The zero-order chi connectivity index (χ0) is 24.5. The number of aryl methyl sites for hydroxylation is 4. The van der Waals surface area contributed by atoms with Crippen LogP contribution >= 0.6 is 0 Å². The topological polar surface area (TPSA) is 80.9 Å². The van der Waals surface area contributed by atoms with E-state index in [4.69, 9.17) is 0 Å². The van der Waals surface area contributed by atoms with Crippen molar-refractivity contribution >= 4 is 0 Å². The summed E-state index contributed by atoms with van der Waals surface area (Å²) < 4.78 is 0. The van der Waals surface area contributed by atoms with Gasteiger partial charge in [-0.15, -0.1) is 0 Å². The molecule has 184 valence electrons. The molecule has 0 spiro atoms. The van der Waals surface area contributed by atoms with Crippen molar-refractivity contribution in [3.05, 3.63) is 69.8 Å². The lowest BCUT2D eigenvalue weighted by atomic mass is 9.63. The summed E-state index contributed by atoms with van der Waals surface area (Å²) in [5.41, 5.74) is 2.50. The molecule has 0 aromatic heterocycles. The van der Waals surface area contributed by atoms with Gasteiger partial charge < -0.3 is 20.4 Å². The van der Waals surface area contributed by atoms with Gasteiger partial charge in [0.05, 0.1) is 25.2 Å². The maximum Gasteiger partial charge on any atom is 0.127 e. The monoisotopic (exact) mass is 456 g/mol. The minimum Gasteiger partial charge on any atom is -0.395 e. The molecule has 0 bridgehead atoms. The summed E-state index contributed by atoms with van der Waals surface area (Å²) in [6, 6.07) is 12.3. The molecule has 0 radical (unpaired) electrons. The fourth-order valence-corrected chi connectivity index (χ4v) is 5.05. The molecule has 0 saturated carbocycles. The maximum absolute atomic E-state index is 12.6. The van der Waals surface area contributed by atoms with E-state index >= 15 is 0 Å². The Balaban J connectivity index is 2.91. The van der Waals surface area contributed by atoms with Crippen LogP contribution in [0.3, 0.4) is 0 Å². The average Bonchev–Trinajstić information content (AvgIpc) is 2.81. The molecule has 4 N–H and O–H groups in total. The van der Waals surface area contributed by atoms with Crippen molar-refractivity contribution in [2.24, 2.45) is 5.41 Å². The molecule has 33 heavy (non-hydrogen) atoms. The molecule has 2 aromatic carbocycles. The Labute approximate surface area is 200 Å². The fourth-order valence-electron chi connectivity index (χ4n) is 5.05. The Morgan fingerprint density at radius 3 is 1.24 bits per heavy atom. The van der Waals surface area contributed by atoms with Crippen LogP contribution in [0.25, 0.3) is 0 Å². The maximum atomic E-state index is 12.6. The van der Waals surface area contributed by atoms with E-state index in [2.05, 4.69) is 39.8 Å². The predicted molar refractivity (Wildman–Crippen MR) is 136 cm³/mol. The van der Waals surface area contributed by atoms with Gasteiger partial charge in [0.1, 0.15) is 5.60 Å². The first-order chi connectivity index (χ1) is 15.9. The van der Waals surface area contributed by atoms with Gasteiger partial charge in [-0.25, -0.2) is 0 Å². The number of aliphatic hydroxyl groups excluding tert-OH is 3. The van der Waals surface area contributed by atoms with E-state index in [1.54, 1.807) is 0 Å². The SMILES string of the molecule is CCCc1ccc(C(O)(c2ccc(CCC)cc2CCC)C(CO)(CO)CO)c(CCC)c1. The molecule has 2 rings (SSSR count). The highest BCUT2D eigenvalue weighted by atomic mass is 16.3. The summed E-state index contributed by atoms with van der Waals surface area (Å²) >= 11 is 0. The number of rotatable bonds is 14. The van der Waals surface area contributed by atoms with Gasteiger partial charge in [0, 0.05) is 0 Å². The van der Waals surface area contributed by atoms with E-state index < -0.39 is 30.8 Å². The lowest BCUT2D eigenvalue weighted by Gasteiger charge is -2.46. The first-order valence-corrected chi connectivity index (χ1v) is 12.7. The van der Waals surface area contributed by atoms with Crippen LogP contribution in [-0.4, -0.2) is 40.2 Å². The van der Waals surface area contributed by atoms with Crippen LogP contribution in [0.1, 0.15) is 86.8 Å². The summed E-state index contributed by atoms with van der Waals surface area (Å²) in [7, 11) is 0. The van der Waals surface area contributed by atoms with Gasteiger partial charge in [0.2, 0.25) is 0 Å².